The first-order chi connectivity index (χ1) is 15.8. The zero-order valence-corrected chi connectivity index (χ0v) is 19.2. The summed E-state index contributed by atoms with van der Waals surface area (Å²) < 4.78 is 34.0. The number of fused-ring (bicyclic) bond motifs is 1. The molecule has 33 heavy (non-hydrogen) atoms. The molecule has 0 unspecified atom stereocenters. The zero-order valence-electron chi connectivity index (χ0n) is 17.6. The van der Waals surface area contributed by atoms with Crippen LogP contribution in [0.15, 0.2) is 64.4 Å². The van der Waals surface area contributed by atoms with Crippen LogP contribution in [-0.4, -0.2) is 59.0 Å². The Kier molecular flexibility index (Phi) is 5.53. The lowest BCUT2D eigenvalue weighted by Crippen LogP contribution is -2.30. The molecule has 2 aromatic carbocycles. The molecular formula is C22H20ClN5O4S. The predicted molar refractivity (Wildman–Crippen MR) is 124 cm³/mol. The van der Waals surface area contributed by atoms with Gasteiger partial charge in [-0.15, -0.1) is 5.10 Å². The third-order valence-corrected chi connectivity index (χ3v) is 7.87. The number of pyridine rings is 1. The van der Waals surface area contributed by atoms with E-state index >= 15 is 0 Å². The van der Waals surface area contributed by atoms with Gasteiger partial charge in [0.25, 0.3) is 5.56 Å². The summed E-state index contributed by atoms with van der Waals surface area (Å²) in [5.74, 6) is 0. The minimum Gasteiger partial charge on any atom is -0.380 e. The van der Waals surface area contributed by atoms with Crippen molar-refractivity contribution in [1.29, 1.82) is 0 Å². The molecular weight excluding hydrogens is 466 g/mol. The molecule has 170 valence electrons. The molecule has 0 radical (unpaired) electrons. The Balaban J connectivity index is 1.42. The van der Waals surface area contributed by atoms with Crippen LogP contribution >= 0.6 is 11.6 Å². The van der Waals surface area contributed by atoms with E-state index in [4.69, 9.17) is 16.3 Å². The number of ether oxygens (including phenoxy) is 1. The molecule has 1 aliphatic rings. The summed E-state index contributed by atoms with van der Waals surface area (Å²) in [6, 6.07) is 13.3. The number of nitrogens with zero attached hydrogens (tertiary/aromatic N) is 4. The molecule has 11 heteroatoms. The van der Waals surface area contributed by atoms with Gasteiger partial charge in [0, 0.05) is 36.1 Å². The van der Waals surface area contributed by atoms with E-state index in [0.717, 1.165) is 5.39 Å². The summed E-state index contributed by atoms with van der Waals surface area (Å²) in [6.07, 6.45) is 2.21. The second kappa shape index (κ2) is 8.38. The van der Waals surface area contributed by atoms with E-state index in [1.165, 1.54) is 21.1 Å². The maximum Gasteiger partial charge on any atom is 0.258 e. The van der Waals surface area contributed by atoms with Crippen LogP contribution in [0.3, 0.4) is 0 Å². The van der Waals surface area contributed by atoms with Crippen LogP contribution < -0.4 is 5.56 Å². The van der Waals surface area contributed by atoms with E-state index in [0.29, 0.717) is 47.0 Å². The minimum absolute atomic E-state index is 0.0816. The highest BCUT2D eigenvalue weighted by Crippen LogP contribution is 2.24. The Bertz CT molecular complexity index is 1500. The van der Waals surface area contributed by atoms with Gasteiger partial charge in [0.15, 0.2) is 0 Å². The topological polar surface area (TPSA) is 110 Å². The highest BCUT2D eigenvalue weighted by atomic mass is 35.5. The number of methoxy groups -OCH3 is 1. The molecule has 3 heterocycles. The smallest absolute Gasteiger partial charge is 0.258 e. The van der Waals surface area contributed by atoms with E-state index < -0.39 is 10.0 Å². The number of rotatable bonds is 5. The number of sulfonamides is 1. The second-order valence-corrected chi connectivity index (χ2v) is 10.2. The molecule has 0 spiro atoms. The molecule has 9 nitrogen and oxygen atoms in total. The molecule has 1 fully saturated rings. The highest BCUT2D eigenvalue weighted by Gasteiger charge is 2.32. The molecule has 1 aliphatic heterocycles. The summed E-state index contributed by atoms with van der Waals surface area (Å²) in [7, 11) is -2.01. The molecule has 5 rings (SSSR count). The fourth-order valence-corrected chi connectivity index (χ4v) is 5.58. The third-order valence-electron chi connectivity index (χ3n) is 5.76. The number of hydrogen-bond acceptors (Lipinski definition) is 6. The second-order valence-electron chi connectivity index (χ2n) is 7.80. The van der Waals surface area contributed by atoms with Crippen LogP contribution in [0.5, 0.6) is 0 Å². The van der Waals surface area contributed by atoms with E-state index in [1.54, 1.807) is 49.7 Å². The van der Waals surface area contributed by atoms with Gasteiger partial charge in [0.2, 0.25) is 10.0 Å². The molecule has 1 N–H and O–H groups in total. The van der Waals surface area contributed by atoms with Gasteiger partial charge in [-0.25, -0.2) is 13.1 Å². The number of nitrogens with one attached hydrogen (secondary N) is 1. The van der Waals surface area contributed by atoms with Gasteiger partial charge in [-0.1, -0.05) is 16.8 Å². The van der Waals surface area contributed by atoms with Crippen molar-refractivity contribution in [2.24, 2.45) is 0 Å². The lowest BCUT2D eigenvalue weighted by atomic mass is 10.1. The fourth-order valence-electron chi connectivity index (χ4n) is 3.91. The molecule has 1 atom stereocenters. The van der Waals surface area contributed by atoms with Gasteiger partial charge in [-0.05, 0) is 55.0 Å². The zero-order chi connectivity index (χ0) is 23.2. The van der Waals surface area contributed by atoms with Crippen molar-refractivity contribution >= 4 is 32.5 Å². The maximum atomic E-state index is 12.9. The largest absolute Gasteiger partial charge is 0.380 e. The first-order valence-electron chi connectivity index (χ1n) is 10.2. The highest BCUT2D eigenvalue weighted by molar-refractivity contribution is 7.89. The summed E-state index contributed by atoms with van der Waals surface area (Å²) in [5, 5.41) is 9.57. The quantitative estimate of drug-likeness (QED) is 0.465. The summed E-state index contributed by atoms with van der Waals surface area (Å²) in [6.45, 7) is 0.777. The number of halogens is 1. The Morgan fingerprint density at radius 2 is 1.94 bits per heavy atom. The van der Waals surface area contributed by atoms with Gasteiger partial charge in [-0.2, -0.15) is 4.31 Å². The first kappa shape index (κ1) is 21.8. The molecule has 0 saturated carbocycles. The van der Waals surface area contributed by atoms with Gasteiger partial charge < -0.3 is 9.72 Å². The molecule has 0 bridgehead atoms. The fraction of sp³-hybridized carbons (Fsp3) is 0.227. The third kappa shape index (κ3) is 4.06. The number of aromatic amines is 1. The molecule has 1 saturated heterocycles. The van der Waals surface area contributed by atoms with E-state index in [1.807, 2.05) is 0 Å². The summed E-state index contributed by atoms with van der Waals surface area (Å²) in [5.41, 5.74) is 1.74. The van der Waals surface area contributed by atoms with Crippen molar-refractivity contribution in [2.75, 3.05) is 20.2 Å². The van der Waals surface area contributed by atoms with Crippen LogP contribution in [-0.2, 0) is 14.8 Å². The average molecular weight is 486 g/mol. The first-order valence-corrected chi connectivity index (χ1v) is 12.1. The van der Waals surface area contributed by atoms with Crippen molar-refractivity contribution in [1.82, 2.24) is 24.3 Å². The van der Waals surface area contributed by atoms with Crippen molar-refractivity contribution in [2.45, 2.75) is 17.4 Å². The standard InChI is InChI=1S/C22H20ClN5O4S/c1-32-17-8-9-27(12-17)33(30,31)18-5-3-16(4-6-18)28-13-21(25-26-28)19-11-14-10-15(23)2-7-20(14)24-22(19)29/h2-7,10-11,13,17H,8-9,12H2,1H3,(H,24,29)/t17-/m0/s1. The van der Waals surface area contributed by atoms with Gasteiger partial charge in [-0.3, -0.25) is 4.79 Å². The number of aromatic nitrogens is 4. The number of H-pyrrole nitrogens is 1. The molecule has 2 aromatic heterocycles. The maximum absolute atomic E-state index is 12.9. The van der Waals surface area contributed by atoms with Crippen LogP contribution in [0.4, 0.5) is 0 Å². The summed E-state index contributed by atoms with van der Waals surface area (Å²) in [4.78, 5) is 15.6. The summed E-state index contributed by atoms with van der Waals surface area (Å²) >= 11 is 6.07. The Morgan fingerprint density at radius 3 is 2.67 bits per heavy atom. The van der Waals surface area contributed by atoms with Crippen LogP contribution in [0, 0.1) is 0 Å². The van der Waals surface area contributed by atoms with Crippen molar-refractivity contribution in [3.8, 4) is 16.9 Å². The molecule has 4 aromatic rings. The van der Waals surface area contributed by atoms with E-state index in [-0.39, 0.29) is 16.6 Å². The SMILES string of the molecule is CO[C@H]1CCN(S(=O)(=O)c2ccc(-n3cc(-c4cc5cc(Cl)ccc5[nH]c4=O)nn3)cc2)C1. The Hall–Kier alpha value is -3.05. The number of hydrogen-bond donors (Lipinski definition) is 1. The van der Waals surface area contributed by atoms with Crippen molar-refractivity contribution < 1.29 is 13.2 Å². The monoisotopic (exact) mass is 485 g/mol. The van der Waals surface area contributed by atoms with E-state index in [9.17, 15) is 13.2 Å². The van der Waals surface area contributed by atoms with E-state index in [2.05, 4.69) is 15.3 Å². The number of benzene rings is 2. The average Bonchev–Trinajstić information content (AvgIpc) is 3.49. The Morgan fingerprint density at radius 1 is 1.15 bits per heavy atom. The minimum atomic E-state index is -3.60. The van der Waals surface area contributed by atoms with Crippen molar-refractivity contribution in [3.63, 3.8) is 0 Å². The van der Waals surface area contributed by atoms with Crippen LogP contribution in [0.2, 0.25) is 5.02 Å². The van der Waals surface area contributed by atoms with Crippen LogP contribution in [0.25, 0.3) is 27.8 Å². The van der Waals surface area contributed by atoms with Gasteiger partial charge in [0.1, 0.15) is 5.69 Å². The molecule has 0 amide bonds. The van der Waals surface area contributed by atoms with Crippen LogP contribution in [0.1, 0.15) is 6.42 Å². The Labute approximate surface area is 194 Å². The van der Waals surface area contributed by atoms with Gasteiger partial charge in [0.05, 0.1) is 28.4 Å². The van der Waals surface area contributed by atoms with Gasteiger partial charge >= 0.3 is 0 Å². The lowest BCUT2D eigenvalue weighted by molar-refractivity contribution is 0.115. The predicted octanol–water partition coefficient (Wildman–Crippen LogP) is 2.84. The normalized spacial score (nSPS) is 17.1. The molecule has 0 aliphatic carbocycles. The van der Waals surface area contributed by atoms with Crippen molar-refractivity contribution in [3.05, 3.63) is 70.1 Å². The lowest BCUT2D eigenvalue weighted by Gasteiger charge is -2.16.